The number of hydrogen-bond donors (Lipinski definition) is 4. The second-order valence-corrected chi connectivity index (χ2v) is 7.41. The van der Waals surface area contributed by atoms with E-state index in [4.69, 9.17) is 4.52 Å². The zero-order valence-corrected chi connectivity index (χ0v) is 18.8. The van der Waals surface area contributed by atoms with Crippen LogP contribution in [-0.2, 0) is 16.0 Å². The molecule has 0 saturated carbocycles. The lowest BCUT2D eigenvalue weighted by molar-refractivity contribution is -0.121. The summed E-state index contributed by atoms with van der Waals surface area (Å²) in [6, 6.07) is 4.21. The molecule has 4 rings (SSSR count). The number of aryl methyl sites for hydroxylation is 1. The van der Waals surface area contributed by atoms with Gasteiger partial charge >= 0.3 is 0 Å². The van der Waals surface area contributed by atoms with E-state index >= 15 is 0 Å². The number of azo groups is 1. The molecule has 1 aliphatic carbocycles. The minimum Gasteiger partial charge on any atom is -0.504 e. The molecule has 11 nitrogen and oxygen atoms in total. The van der Waals surface area contributed by atoms with Gasteiger partial charge in [0.2, 0.25) is 17.6 Å². The molecule has 2 heterocycles. The molecule has 12 heteroatoms. The standard InChI is InChI=1S/C22H22N6O5.ClH/c29-16-7-6-13(12-17(16)30)20-25-19(33-28-20)9-8-18(31)23-10-3-11-24-21-14-4-1-2-5-15(14)22(32)27-26-21;/h1-2,4-7,12,15,24,29-30H,3,8-11H2,(H,23,31);1H. The van der Waals surface area contributed by atoms with Gasteiger partial charge in [0.25, 0.3) is 5.91 Å². The van der Waals surface area contributed by atoms with Gasteiger partial charge in [-0.2, -0.15) is 4.98 Å². The second kappa shape index (κ2) is 11.2. The number of nitrogens with one attached hydrogen (secondary N) is 2. The summed E-state index contributed by atoms with van der Waals surface area (Å²) in [6.45, 7) is 1.02. The number of halogens is 1. The Hall–Kier alpha value is -3.99. The van der Waals surface area contributed by atoms with E-state index in [1.807, 2.05) is 18.2 Å². The quantitative estimate of drug-likeness (QED) is 0.310. The lowest BCUT2D eigenvalue weighted by Crippen LogP contribution is -2.28. The number of aromatic hydroxyl groups is 2. The van der Waals surface area contributed by atoms with Crippen LogP contribution in [0.25, 0.3) is 11.4 Å². The molecule has 4 N–H and O–H groups in total. The molecule has 178 valence electrons. The Balaban J connectivity index is 0.00000324. The molecular formula is C22H23ClN6O5. The van der Waals surface area contributed by atoms with Gasteiger partial charge in [0.1, 0.15) is 0 Å². The number of carbonyl (C=O) groups is 2. The highest BCUT2D eigenvalue weighted by Crippen LogP contribution is 2.29. The van der Waals surface area contributed by atoms with Crippen LogP contribution in [0.1, 0.15) is 18.7 Å². The van der Waals surface area contributed by atoms with Crippen molar-refractivity contribution in [3.8, 4) is 22.9 Å². The molecule has 0 radical (unpaired) electrons. The van der Waals surface area contributed by atoms with E-state index in [1.165, 1.54) is 12.1 Å². The van der Waals surface area contributed by atoms with Crippen molar-refractivity contribution in [2.45, 2.75) is 19.3 Å². The van der Waals surface area contributed by atoms with Crippen LogP contribution in [0.4, 0.5) is 0 Å². The molecule has 1 atom stereocenters. The van der Waals surface area contributed by atoms with Gasteiger partial charge in [-0.05, 0) is 24.6 Å². The second-order valence-electron chi connectivity index (χ2n) is 7.41. The van der Waals surface area contributed by atoms with Gasteiger partial charge in [-0.25, -0.2) is 0 Å². The molecule has 0 spiro atoms. The highest BCUT2D eigenvalue weighted by atomic mass is 35.5. The molecule has 2 aromatic rings. The first-order valence-electron chi connectivity index (χ1n) is 10.4. The van der Waals surface area contributed by atoms with Crippen molar-refractivity contribution in [3.05, 3.63) is 59.8 Å². The molecule has 2 amide bonds. The van der Waals surface area contributed by atoms with Crippen molar-refractivity contribution >= 4 is 24.2 Å². The summed E-state index contributed by atoms with van der Waals surface area (Å²) in [5, 5.41) is 36.4. The monoisotopic (exact) mass is 486 g/mol. The van der Waals surface area contributed by atoms with E-state index in [1.54, 1.807) is 12.1 Å². The van der Waals surface area contributed by atoms with Gasteiger partial charge in [0.15, 0.2) is 17.3 Å². The van der Waals surface area contributed by atoms with Gasteiger partial charge in [0, 0.05) is 37.1 Å². The third-order valence-corrected chi connectivity index (χ3v) is 5.05. The number of nitrogens with zero attached hydrogens (tertiary/aromatic N) is 4. The molecule has 0 fully saturated rings. The van der Waals surface area contributed by atoms with Crippen molar-refractivity contribution in [3.63, 3.8) is 0 Å². The average Bonchev–Trinajstić information content (AvgIpc) is 3.30. The Kier molecular flexibility index (Phi) is 8.14. The number of allylic oxidation sites excluding steroid dienone is 3. The molecular weight excluding hydrogens is 464 g/mol. The largest absolute Gasteiger partial charge is 0.504 e. The Morgan fingerprint density at radius 3 is 2.79 bits per heavy atom. The van der Waals surface area contributed by atoms with Gasteiger partial charge in [-0.15, -0.1) is 22.6 Å². The third kappa shape index (κ3) is 5.87. The summed E-state index contributed by atoms with van der Waals surface area (Å²) in [5.74, 6) is -0.215. The molecule has 0 bridgehead atoms. The number of benzene rings is 1. The van der Waals surface area contributed by atoms with Crippen molar-refractivity contribution in [1.82, 2.24) is 20.8 Å². The maximum atomic E-state index is 12.1. The Morgan fingerprint density at radius 2 is 1.97 bits per heavy atom. The first-order valence-corrected chi connectivity index (χ1v) is 10.4. The molecule has 0 saturated heterocycles. The van der Waals surface area contributed by atoms with E-state index in [0.717, 1.165) is 5.57 Å². The van der Waals surface area contributed by atoms with Crippen molar-refractivity contribution in [2.24, 2.45) is 16.1 Å². The fourth-order valence-electron chi connectivity index (χ4n) is 3.31. The highest BCUT2D eigenvalue weighted by molar-refractivity contribution is 5.86. The maximum Gasteiger partial charge on any atom is 0.276 e. The molecule has 2 aliphatic rings. The lowest BCUT2D eigenvalue weighted by Gasteiger charge is -2.20. The highest BCUT2D eigenvalue weighted by Gasteiger charge is 2.26. The molecule has 1 aromatic heterocycles. The van der Waals surface area contributed by atoms with E-state index in [2.05, 4.69) is 31.0 Å². The predicted octanol–water partition coefficient (Wildman–Crippen LogP) is 2.54. The van der Waals surface area contributed by atoms with Gasteiger partial charge < -0.3 is 25.4 Å². The molecule has 1 aromatic carbocycles. The fourth-order valence-corrected chi connectivity index (χ4v) is 3.31. The zero-order valence-electron chi connectivity index (χ0n) is 18.0. The van der Waals surface area contributed by atoms with E-state index < -0.39 is 0 Å². The Morgan fingerprint density at radius 1 is 1.12 bits per heavy atom. The summed E-state index contributed by atoms with van der Waals surface area (Å²) in [5.41, 5.74) is 1.28. The minimum absolute atomic E-state index is 0. The zero-order chi connectivity index (χ0) is 23.2. The number of rotatable bonds is 9. The van der Waals surface area contributed by atoms with Crippen LogP contribution in [0, 0.1) is 5.92 Å². The Labute approximate surface area is 200 Å². The smallest absolute Gasteiger partial charge is 0.276 e. The summed E-state index contributed by atoms with van der Waals surface area (Å²) >= 11 is 0. The van der Waals surface area contributed by atoms with E-state index in [0.29, 0.717) is 36.8 Å². The van der Waals surface area contributed by atoms with Crippen LogP contribution in [0.3, 0.4) is 0 Å². The van der Waals surface area contributed by atoms with Crippen molar-refractivity contribution < 1.29 is 24.3 Å². The number of amides is 2. The topological polar surface area (TPSA) is 162 Å². The summed E-state index contributed by atoms with van der Waals surface area (Å²) in [6.07, 6.45) is 8.41. The van der Waals surface area contributed by atoms with Crippen LogP contribution >= 0.6 is 12.4 Å². The number of phenols is 2. The van der Waals surface area contributed by atoms with Crippen LogP contribution < -0.4 is 10.6 Å². The van der Waals surface area contributed by atoms with Crippen molar-refractivity contribution in [1.29, 1.82) is 0 Å². The van der Waals surface area contributed by atoms with E-state index in [-0.39, 0.29) is 60.3 Å². The Bertz CT molecular complexity index is 1190. The third-order valence-electron chi connectivity index (χ3n) is 5.05. The number of fused-ring (bicyclic) bond motifs is 1. The van der Waals surface area contributed by atoms with Crippen LogP contribution in [0.2, 0.25) is 0 Å². The maximum absolute atomic E-state index is 12.1. The summed E-state index contributed by atoms with van der Waals surface area (Å²) < 4.78 is 5.15. The van der Waals surface area contributed by atoms with Crippen LogP contribution in [0.15, 0.2) is 68.6 Å². The molecule has 1 unspecified atom stereocenters. The van der Waals surface area contributed by atoms with Gasteiger partial charge in [-0.1, -0.05) is 29.5 Å². The molecule has 1 aliphatic heterocycles. The number of hydrogen-bond acceptors (Lipinski definition) is 9. The van der Waals surface area contributed by atoms with Gasteiger partial charge in [0.05, 0.1) is 5.92 Å². The lowest BCUT2D eigenvalue weighted by atomic mass is 9.93. The summed E-state index contributed by atoms with van der Waals surface area (Å²) in [7, 11) is 0. The first-order chi connectivity index (χ1) is 16.0. The number of phenolic OH excluding ortho intramolecular Hbond substituents is 2. The average molecular weight is 487 g/mol. The van der Waals surface area contributed by atoms with Crippen molar-refractivity contribution in [2.75, 3.05) is 13.1 Å². The number of aromatic nitrogens is 2. The van der Waals surface area contributed by atoms with Crippen LogP contribution in [0.5, 0.6) is 11.5 Å². The SMILES string of the molecule is Cl.O=C(CCc1nc(-c2ccc(O)c(O)c2)no1)NCCCNC1=C2C=CC=CC2C(=O)N=N1. The first kappa shape index (κ1) is 24.6. The molecule has 34 heavy (non-hydrogen) atoms. The van der Waals surface area contributed by atoms with E-state index in [9.17, 15) is 19.8 Å². The fraction of sp³-hybridized carbons (Fsp3) is 0.273. The summed E-state index contributed by atoms with van der Waals surface area (Å²) in [4.78, 5) is 28.1. The number of carbonyl (C=O) groups excluding carboxylic acids is 2. The predicted molar refractivity (Wildman–Crippen MR) is 123 cm³/mol. The minimum atomic E-state index is -0.389. The normalized spacial score (nSPS) is 16.2. The van der Waals surface area contributed by atoms with Gasteiger partial charge in [-0.3, -0.25) is 9.59 Å². The van der Waals surface area contributed by atoms with Crippen LogP contribution in [-0.4, -0.2) is 45.3 Å².